The number of amides is 2. The second kappa shape index (κ2) is 11.1. The molecule has 2 aromatic heterocycles. The van der Waals surface area contributed by atoms with Crippen LogP contribution in [0, 0.1) is 0 Å². The highest BCUT2D eigenvalue weighted by molar-refractivity contribution is 6.13. The maximum atomic E-state index is 13.6. The van der Waals surface area contributed by atoms with Crippen LogP contribution in [0.4, 0.5) is 10.5 Å². The van der Waals surface area contributed by atoms with E-state index in [2.05, 4.69) is 25.9 Å². The summed E-state index contributed by atoms with van der Waals surface area (Å²) >= 11 is 0. The van der Waals surface area contributed by atoms with Gasteiger partial charge in [-0.1, -0.05) is 65.9 Å². The predicted molar refractivity (Wildman–Crippen MR) is 139 cm³/mol. The van der Waals surface area contributed by atoms with E-state index in [-0.39, 0.29) is 29.3 Å². The van der Waals surface area contributed by atoms with Gasteiger partial charge in [-0.2, -0.15) is 0 Å². The largest absolute Gasteiger partial charge is 0.445 e. The lowest BCUT2D eigenvalue weighted by Crippen LogP contribution is -2.41. The number of carbonyl (C=O) groups excluding carboxylic acids is 3. The summed E-state index contributed by atoms with van der Waals surface area (Å²) in [4.78, 5) is 43.5. The van der Waals surface area contributed by atoms with Gasteiger partial charge in [0.15, 0.2) is 0 Å². The quantitative estimate of drug-likeness (QED) is 0.303. The Balaban J connectivity index is 1.41. The molecular weight excluding hydrogens is 484 g/mol. The number of para-hydroxylation sites is 2. The van der Waals surface area contributed by atoms with Gasteiger partial charge < -0.3 is 10.1 Å². The Kier molecular flexibility index (Phi) is 7.12. The second-order valence-electron chi connectivity index (χ2n) is 8.21. The fourth-order valence-corrected chi connectivity index (χ4v) is 3.82. The minimum Gasteiger partial charge on any atom is -0.445 e. The Bertz CT molecular complexity index is 1590. The lowest BCUT2D eigenvalue weighted by Gasteiger charge is -2.20. The fourth-order valence-electron chi connectivity index (χ4n) is 3.82. The van der Waals surface area contributed by atoms with Crippen LogP contribution in [0.15, 0.2) is 103 Å². The van der Waals surface area contributed by atoms with Crippen molar-refractivity contribution in [2.24, 2.45) is 0 Å². The standard InChI is InChI=1S/C28H22N6O4/c35-25(23-15-8-9-17-29-23)20-12-4-5-13-21(20)30-27(36)26(34-24-16-7-6-14-22(24)32-33-34)31-28(37)38-18-19-10-2-1-3-11-19/h1-17,26H,18H2,(H,30,36)(H,31,37). The number of rotatable bonds is 8. The number of fused-ring (bicyclic) bond motifs is 1. The zero-order valence-corrected chi connectivity index (χ0v) is 20.0. The maximum absolute atomic E-state index is 13.6. The smallest absolute Gasteiger partial charge is 0.409 e. The molecule has 3 aromatic carbocycles. The third-order valence-electron chi connectivity index (χ3n) is 5.66. The zero-order valence-electron chi connectivity index (χ0n) is 20.0. The molecule has 5 rings (SSSR count). The summed E-state index contributed by atoms with van der Waals surface area (Å²) in [5.74, 6) is -1.02. The van der Waals surface area contributed by atoms with Gasteiger partial charge in [0, 0.05) is 11.8 Å². The first kappa shape index (κ1) is 24.3. The van der Waals surface area contributed by atoms with Crippen LogP contribution in [0.1, 0.15) is 27.8 Å². The molecule has 1 unspecified atom stereocenters. The molecule has 2 heterocycles. The Morgan fingerprint density at radius 2 is 1.58 bits per heavy atom. The Labute approximate surface area is 217 Å². The molecule has 0 aliphatic rings. The second-order valence-corrected chi connectivity index (χ2v) is 8.21. The van der Waals surface area contributed by atoms with Crippen molar-refractivity contribution in [2.45, 2.75) is 12.8 Å². The first-order chi connectivity index (χ1) is 18.6. The number of aromatic nitrogens is 4. The highest BCUT2D eigenvalue weighted by Crippen LogP contribution is 2.21. The molecule has 38 heavy (non-hydrogen) atoms. The minimum atomic E-state index is -1.33. The molecule has 0 radical (unpaired) electrons. The topological polar surface area (TPSA) is 128 Å². The number of hydrogen-bond acceptors (Lipinski definition) is 7. The molecule has 10 heteroatoms. The van der Waals surface area contributed by atoms with E-state index < -0.39 is 18.2 Å². The SMILES string of the molecule is O=C(NC(C(=O)Nc1ccccc1C(=O)c1ccccn1)n1nnc2ccccc21)OCc1ccccc1. The Morgan fingerprint density at radius 1 is 0.842 bits per heavy atom. The number of carbonyl (C=O) groups is 3. The summed E-state index contributed by atoms with van der Waals surface area (Å²) in [6.07, 6.45) is -0.638. The molecule has 0 bridgehead atoms. The third kappa shape index (κ3) is 5.39. The molecule has 0 fully saturated rings. The van der Waals surface area contributed by atoms with Crippen molar-refractivity contribution in [2.75, 3.05) is 5.32 Å². The molecule has 0 aliphatic carbocycles. The van der Waals surface area contributed by atoms with Crippen molar-refractivity contribution in [3.8, 4) is 0 Å². The van der Waals surface area contributed by atoms with Crippen LogP contribution in [0.5, 0.6) is 0 Å². The van der Waals surface area contributed by atoms with Crippen molar-refractivity contribution in [1.82, 2.24) is 25.3 Å². The van der Waals surface area contributed by atoms with Crippen LogP contribution in [0.2, 0.25) is 0 Å². The molecular formula is C28H22N6O4. The van der Waals surface area contributed by atoms with Crippen LogP contribution in [0.25, 0.3) is 11.0 Å². The molecule has 5 aromatic rings. The van der Waals surface area contributed by atoms with Crippen molar-refractivity contribution in [1.29, 1.82) is 0 Å². The maximum Gasteiger partial charge on any atom is 0.409 e. The van der Waals surface area contributed by atoms with E-state index in [9.17, 15) is 14.4 Å². The van der Waals surface area contributed by atoms with E-state index in [1.165, 1.54) is 10.9 Å². The van der Waals surface area contributed by atoms with Gasteiger partial charge in [-0.3, -0.25) is 19.9 Å². The number of ether oxygens (including phenoxy) is 1. The van der Waals surface area contributed by atoms with E-state index in [1.807, 2.05) is 30.3 Å². The van der Waals surface area contributed by atoms with Gasteiger partial charge in [-0.15, -0.1) is 5.10 Å². The highest BCUT2D eigenvalue weighted by atomic mass is 16.5. The molecule has 0 saturated carbocycles. The summed E-state index contributed by atoms with van der Waals surface area (Å²) in [7, 11) is 0. The molecule has 2 amide bonds. The summed E-state index contributed by atoms with van der Waals surface area (Å²) < 4.78 is 6.62. The average Bonchev–Trinajstić information content (AvgIpc) is 3.39. The predicted octanol–water partition coefficient (Wildman–Crippen LogP) is 4.12. The number of benzene rings is 3. The number of pyridine rings is 1. The van der Waals surface area contributed by atoms with Crippen molar-refractivity contribution < 1.29 is 19.1 Å². The lowest BCUT2D eigenvalue weighted by molar-refractivity contribution is -0.120. The zero-order chi connectivity index (χ0) is 26.3. The fraction of sp³-hybridized carbons (Fsp3) is 0.0714. The number of nitrogens with one attached hydrogen (secondary N) is 2. The summed E-state index contributed by atoms with van der Waals surface area (Å²) in [5, 5.41) is 13.5. The van der Waals surface area contributed by atoms with Gasteiger partial charge in [0.1, 0.15) is 17.8 Å². The van der Waals surface area contributed by atoms with Crippen molar-refractivity contribution in [3.63, 3.8) is 0 Å². The molecule has 1 atom stereocenters. The third-order valence-corrected chi connectivity index (χ3v) is 5.66. The van der Waals surface area contributed by atoms with Gasteiger partial charge in [0.25, 0.3) is 5.91 Å². The van der Waals surface area contributed by atoms with E-state index >= 15 is 0 Å². The Hall–Kier alpha value is -5.38. The van der Waals surface area contributed by atoms with Crippen molar-refractivity contribution in [3.05, 3.63) is 120 Å². The van der Waals surface area contributed by atoms with E-state index in [1.54, 1.807) is 66.7 Å². The first-order valence-corrected chi connectivity index (χ1v) is 11.7. The molecule has 0 saturated heterocycles. The number of ketones is 1. The highest BCUT2D eigenvalue weighted by Gasteiger charge is 2.28. The molecule has 2 N–H and O–H groups in total. The molecule has 188 valence electrons. The van der Waals surface area contributed by atoms with Gasteiger partial charge in [0.2, 0.25) is 11.9 Å². The number of alkyl carbamates (subject to hydrolysis) is 1. The van der Waals surface area contributed by atoms with Crippen LogP contribution >= 0.6 is 0 Å². The van der Waals surface area contributed by atoms with Gasteiger partial charge in [-0.25, -0.2) is 9.48 Å². The normalized spacial score (nSPS) is 11.5. The number of nitrogens with zero attached hydrogens (tertiary/aromatic N) is 4. The Morgan fingerprint density at radius 3 is 2.39 bits per heavy atom. The van der Waals surface area contributed by atoms with Gasteiger partial charge in [-0.05, 0) is 42.0 Å². The monoisotopic (exact) mass is 506 g/mol. The summed E-state index contributed by atoms with van der Waals surface area (Å²) in [6, 6.07) is 27.7. The molecule has 0 spiro atoms. The van der Waals surface area contributed by atoms with Gasteiger partial charge >= 0.3 is 6.09 Å². The van der Waals surface area contributed by atoms with Crippen LogP contribution in [-0.2, 0) is 16.1 Å². The van der Waals surface area contributed by atoms with Crippen LogP contribution in [0.3, 0.4) is 0 Å². The number of hydrogen-bond donors (Lipinski definition) is 2. The summed E-state index contributed by atoms with van der Waals surface area (Å²) in [6.45, 7) is 0.0144. The van der Waals surface area contributed by atoms with Crippen LogP contribution < -0.4 is 10.6 Å². The number of anilines is 1. The molecule has 10 nitrogen and oxygen atoms in total. The average molecular weight is 507 g/mol. The van der Waals surface area contributed by atoms with Crippen molar-refractivity contribution >= 4 is 34.5 Å². The molecule has 0 aliphatic heterocycles. The van der Waals surface area contributed by atoms with E-state index in [4.69, 9.17) is 4.74 Å². The van der Waals surface area contributed by atoms with Gasteiger partial charge in [0.05, 0.1) is 11.2 Å². The van der Waals surface area contributed by atoms with Crippen LogP contribution in [-0.4, -0.2) is 37.8 Å². The lowest BCUT2D eigenvalue weighted by atomic mass is 10.1. The first-order valence-electron chi connectivity index (χ1n) is 11.7. The minimum absolute atomic E-state index is 0.0144. The van der Waals surface area contributed by atoms with E-state index in [0.717, 1.165) is 5.56 Å². The summed E-state index contributed by atoms with van der Waals surface area (Å²) in [5.41, 5.74) is 2.58. The van der Waals surface area contributed by atoms with E-state index in [0.29, 0.717) is 11.0 Å².